The average molecular weight is 494 g/mol. The first-order valence-electron chi connectivity index (χ1n) is 11.2. The fourth-order valence-electron chi connectivity index (χ4n) is 3.66. The van der Waals surface area contributed by atoms with Gasteiger partial charge in [0, 0.05) is 28.8 Å². The zero-order chi connectivity index (χ0) is 23.2. The SMILES string of the molecule is CCCCCN1C(=O)C(=Cc2cn(-c3ccccc3)nc2-c2ccc(SCC)cc2)SC1=S. The molecule has 1 aliphatic heterocycles. The smallest absolute Gasteiger partial charge is 0.266 e. The van der Waals surface area contributed by atoms with Crippen LogP contribution in [0.1, 0.15) is 38.7 Å². The van der Waals surface area contributed by atoms with E-state index >= 15 is 0 Å². The summed E-state index contributed by atoms with van der Waals surface area (Å²) in [5.74, 6) is 1.03. The number of thioether (sulfide) groups is 2. The van der Waals surface area contributed by atoms with Crippen molar-refractivity contribution >= 4 is 52.0 Å². The number of rotatable bonds is 9. The number of hydrogen-bond donors (Lipinski definition) is 0. The van der Waals surface area contributed by atoms with Crippen LogP contribution >= 0.6 is 35.7 Å². The van der Waals surface area contributed by atoms with Crippen LogP contribution in [0.15, 0.2) is 70.6 Å². The molecule has 0 N–H and O–H groups in total. The van der Waals surface area contributed by atoms with Gasteiger partial charge in [0.1, 0.15) is 4.32 Å². The molecule has 1 aliphatic rings. The molecule has 0 aliphatic carbocycles. The fourth-order valence-corrected chi connectivity index (χ4v) is 5.62. The summed E-state index contributed by atoms with van der Waals surface area (Å²) in [4.78, 5) is 16.7. The van der Waals surface area contributed by atoms with Crippen LogP contribution in [0.4, 0.5) is 0 Å². The lowest BCUT2D eigenvalue weighted by Crippen LogP contribution is -2.28. The Kier molecular flexibility index (Phi) is 8.06. The molecule has 170 valence electrons. The molecule has 2 aromatic carbocycles. The largest absolute Gasteiger partial charge is 0.293 e. The monoisotopic (exact) mass is 493 g/mol. The zero-order valence-corrected chi connectivity index (χ0v) is 21.3. The molecule has 3 aromatic rings. The zero-order valence-electron chi connectivity index (χ0n) is 18.9. The van der Waals surface area contributed by atoms with E-state index in [1.165, 1.54) is 16.7 Å². The molecule has 0 atom stereocenters. The van der Waals surface area contributed by atoms with Crippen molar-refractivity contribution in [2.24, 2.45) is 0 Å². The third-order valence-corrected chi connectivity index (χ3v) is 7.62. The van der Waals surface area contributed by atoms with E-state index in [1.54, 1.807) is 4.90 Å². The van der Waals surface area contributed by atoms with Gasteiger partial charge in [-0.05, 0) is 42.5 Å². The highest BCUT2D eigenvalue weighted by molar-refractivity contribution is 8.26. The van der Waals surface area contributed by atoms with Crippen LogP contribution < -0.4 is 0 Å². The highest BCUT2D eigenvalue weighted by Gasteiger charge is 2.32. The van der Waals surface area contributed by atoms with Gasteiger partial charge < -0.3 is 0 Å². The molecule has 4 nitrogen and oxygen atoms in total. The molecular formula is C26H27N3OS3. The maximum Gasteiger partial charge on any atom is 0.266 e. The minimum absolute atomic E-state index is 0.00536. The summed E-state index contributed by atoms with van der Waals surface area (Å²) in [6.45, 7) is 4.99. The molecule has 0 bridgehead atoms. The van der Waals surface area contributed by atoms with E-state index in [-0.39, 0.29) is 5.91 Å². The predicted molar refractivity (Wildman–Crippen MR) is 145 cm³/mol. The number of carbonyl (C=O) groups is 1. The topological polar surface area (TPSA) is 38.1 Å². The van der Waals surface area contributed by atoms with Gasteiger partial charge >= 0.3 is 0 Å². The second kappa shape index (κ2) is 11.2. The Morgan fingerprint density at radius 3 is 2.52 bits per heavy atom. The van der Waals surface area contributed by atoms with Crippen molar-refractivity contribution in [2.45, 2.75) is 38.0 Å². The third kappa shape index (κ3) is 5.60. The first-order valence-corrected chi connectivity index (χ1v) is 13.5. The second-order valence-electron chi connectivity index (χ2n) is 7.71. The molecule has 0 radical (unpaired) electrons. The van der Waals surface area contributed by atoms with Crippen LogP contribution in [0.3, 0.4) is 0 Å². The molecular weight excluding hydrogens is 467 g/mol. The molecule has 1 fully saturated rings. The van der Waals surface area contributed by atoms with Crippen molar-refractivity contribution < 1.29 is 4.79 Å². The Bertz CT molecular complexity index is 1150. The van der Waals surface area contributed by atoms with Crippen LogP contribution in [0, 0.1) is 0 Å². The van der Waals surface area contributed by atoms with Gasteiger partial charge in [-0.3, -0.25) is 9.69 Å². The van der Waals surface area contributed by atoms with Crippen molar-refractivity contribution in [2.75, 3.05) is 12.3 Å². The lowest BCUT2D eigenvalue weighted by atomic mass is 10.1. The molecule has 33 heavy (non-hydrogen) atoms. The fraction of sp³-hybridized carbons (Fsp3) is 0.269. The van der Waals surface area contributed by atoms with E-state index in [0.29, 0.717) is 15.8 Å². The van der Waals surface area contributed by atoms with Gasteiger partial charge in [-0.2, -0.15) is 5.10 Å². The lowest BCUT2D eigenvalue weighted by molar-refractivity contribution is -0.122. The molecule has 1 aromatic heterocycles. The molecule has 2 heterocycles. The number of aromatic nitrogens is 2. The first-order chi connectivity index (χ1) is 16.1. The van der Waals surface area contributed by atoms with Crippen LogP contribution in [0.2, 0.25) is 0 Å². The van der Waals surface area contributed by atoms with E-state index in [1.807, 2.05) is 59.0 Å². The van der Waals surface area contributed by atoms with E-state index in [4.69, 9.17) is 17.3 Å². The van der Waals surface area contributed by atoms with Gasteiger partial charge in [0.15, 0.2) is 0 Å². The normalized spacial score (nSPS) is 15.1. The number of para-hydroxylation sites is 1. The summed E-state index contributed by atoms with van der Waals surface area (Å²) in [6, 6.07) is 18.5. The molecule has 4 rings (SSSR count). The highest BCUT2D eigenvalue weighted by Crippen LogP contribution is 2.35. The minimum atomic E-state index is -0.00536. The lowest BCUT2D eigenvalue weighted by Gasteiger charge is -2.13. The van der Waals surface area contributed by atoms with E-state index in [9.17, 15) is 4.79 Å². The summed E-state index contributed by atoms with van der Waals surface area (Å²) in [6.07, 6.45) is 7.10. The Hall–Kier alpha value is -2.35. The first kappa shape index (κ1) is 23.8. The van der Waals surface area contributed by atoms with Crippen LogP contribution in [0.25, 0.3) is 23.0 Å². The van der Waals surface area contributed by atoms with Crippen LogP contribution in [-0.4, -0.2) is 37.2 Å². The van der Waals surface area contributed by atoms with E-state index in [2.05, 4.69) is 38.1 Å². The van der Waals surface area contributed by atoms with Gasteiger partial charge in [-0.25, -0.2) is 4.68 Å². The number of benzene rings is 2. The Morgan fingerprint density at radius 1 is 1.06 bits per heavy atom. The van der Waals surface area contributed by atoms with E-state index in [0.717, 1.165) is 47.5 Å². The number of carbonyl (C=O) groups excluding carboxylic acids is 1. The van der Waals surface area contributed by atoms with Crippen molar-refractivity contribution in [3.8, 4) is 16.9 Å². The van der Waals surface area contributed by atoms with Crippen molar-refractivity contribution in [3.05, 3.63) is 71.3 Å². The number of amides is 1. The Morgan fingerprint density at radius 2 is 1.82 bits per heavy atom. The molecule has 1 amide bonds. The van der Waals surface area contributed by atoms with Crippen LogP contribution in [0.5, 0.6) is 0 Å². The van der Waals surface area contributed by atoms with Gasteiger partial charge in [0.05, 0.1) is 16.3 Å². The summed E-state index contributed by atoms with van der Waals surface area (Å²) in [7, 11) is 0. The number of nitrogens with zero attached hydrogens (tertiary/aromatic N) is 3. The van der Waals surface area contributed by atoms with Crippen LogP contribution in [-0.2, 0) is 4.79 Å². The van der Waals surface area contributed by atoms with Gasteiger partial charge in [-0.1, -0.05) is 81.0 Å². The van der Waals surface area contributed by atoms with Crippen molar-refractivity contribution in [1.82, 2.24) is 14.7 Å². The summed E-state index contributed by atoms with van der Waals surface area (Å²) < 4.78 is 2.51. The molecule has 0 spiro atoms. The van der Waals surface area contributed by atoms with Crippen molar-refractivity contribution in [1.29, 1.82) is 0 Å². The minimum Gasteiger partial charge on any atom is -0.293 e. The number of thiocarbonyl (C=S) groups is 1. The van der Waals surface area contributed by atoms with Gasteiger partial charge in [0.2, 0.25) is 0 Å². The second-order valence-corrected chi connectivity index (χ2v) is 10.7. The Balaban J connectivity index is 1.70. The summed E-state index contributed by atoms with van der Waals surface area (Å²) in [5, 5.41) is 4.89. The number of unbranched alkanes of at least 4 members (excludes halogenated alkanes) is 2. The molecule has 7 heteroatoms. The molecule has 1 saturated heterocycles. The number of hydrogen-bond acceptors (Lipinski definition) is 5. The summed E-state index contributed by atoms with van der Waals surface area (Å²) >= 11 is 8.71. The molecule has 0 saturated carbocycles. The third-order valence-electron chi connectivity index (χ3n) is 5.35. The quantitative estimate of drug-likeness (QED) is 0.138. The standard InChI is InChI=1S/C26H27N3OS3/c1-3-5-9-16-28-25(30)23(33-26(28)31)17-20-18-29(21-10-7-6-8-11-21)27-24(20)19-12-14-22(15-13-19)32-4-2/h6-8,10-15,17-18H,3-5,9,16H2,1-2H3. The maximum absolute atomic E-state index is 13.1. The maximum atomic E-state index is 13.1. The van der Waals surface area contributed by atoms with Gasteiger partial charge in [0.25, 0.3) is 5.91 Å². The highest BCUT2D eigenvalue weighted by atomic mass is 32.2. The predicted octanol–water partition coefficient (Wildman–Crippen LogP) is 7.04. The Labute approximate surface area is 209 Å². The van der Waals surface area contributed by atoms with Gasteiger partial charge in [-0.15, -0.1) is 11.8 Å². The summed E-state index contributed by atoms with van der Waals surface area (Å²) in [5.41, 5.74) is 3.76. The van der Waals surface area contributed by atoms with E-state index < -0.39 is 0 Å². The molecule has 0 unspecified atom stereocenters. The van der Waals surface area contributed by atoms with Crippen molar-refractivity contribution in [3.63, 3.8) is 0 Å². The average Bonchev–Trinajstić information content (AvgIpc) is 3.37.